The Hall–Kier alpha value is -2.58. The molecular formula is C27H37ClN4O4. The number of carbonyl (C=O) groups is 2. The molecule has 1 aromatic carbocycles. The minimum Gasteiger partial charge on any atom is -0.493 e. The van der Waals surface area contributed by atoms with Crippen molar-refractivity contribution in [3.63, 3.8) is 0 Å². The molecule has 0 aliphatic carbocycles. The summed E-state index contributed by atoms with van der Waals surface area (Å²) < 4.78 is 11.4. The molecule has 2 aliphatic heterocycles. The highest BCUT2D eigenvalue weighted by atomic mass is 35.5. The number of aromatic nitrogens is 1. The van der Waals surface area contributed by atoms with Crippen LogP contribution >= 0.6 is 11.6 Å². The summed E-state index contributed by atoms with van der Waals surface area (Å²) in [6.07, 6.45) is 3.03. The lowest BCUT2D eigenvalue weighted by Crippen LogP contribution is -2.53. The van der Waals surface area contributed by atoms with Crippen LogP contribution in [0.4, 0.5) is 0 Å². The van der Waals surface area contributed by atoms with Gasteiger partial charge in [0.25, 0.3) is 0 Å². The third kappa shape index (κ3) is 6.59. The summed E-state index contributed by atoms with van der Waals surface area (Å²) in [6.45, 7) is 8.58. The molecule has 4 rings (SSSR count). The first kappa shape index (κ1) is 26.5. The molecule has 9 heteroatoms. The fourth-order valence-electron chi connectivity index (χ4n) is 5.26. The number of piperidine rings is 1. The smallest absolute Gasteiger partial charge is 0.223 e. The molecular weight excluding hydrogens is 480 g/mol. The number of likely N-dealkylation sites (N-methyl/N-ethyl adjacent to an activating group) is 1. The van der Waals surface area contributed by atoms with Crippen molar-refractivity contribution in [2.75, 3.05) is 52.9 Å². The predicted molar refractivity (Wildman–Crippen MR) is 138 cm³/mol. The number of benzene rings is 1. The number of aryl methyl sites for hydroxylation is 2. The number of hydrogen-bond donors (Lipinski definition) is 0. The van der Waals surface area contributed by atoms with Crippen LogP contribution in [0.25, 0.3) is 0 Å². The second kappa shape index (κ2) is 11.6. The Morgan fingerprint density at radius 2 is 1.89 bits per heavy atom. The molecule has 36 heavy (non-hydrogen) atoms. The summed E-state index contributed by atoms with van der Waals surface area (Å²) in [5.41, 5.74) is 1.39. The molecule has 2 amide bonds. The first-order valence-corrected chi connectivity index (χ1v) is 13.2. The summed E-state index contributed by atoms with van der Waals surface area (Å²) in [5.74, 6) is 1.67. The van der Waals surface area contributed by atoms with Crippen molar-refractivity contribution >= 4 is 23.4 Å². The van der Waals surface area contributed by atoms with Gasteiger partial charge < -0.3 is 24.0 Å². The van der Waals surface area contributed by atoms with Gasteiger partial charge in [-0.05, 0) is 58.4 Å². The standard InChI is InChI=1S/C27H37ClN4O4/c1-20-24(21(2)36-29-20)8-9-25(33)32-11-5-10-27(18-32,19-35-23-7-4-6-22(28)16-23)17-26(34)31-14-12-30(3)13-15-31/h4,6-7,16H,5,8-15,17-19H2,1-3H3/t27-/m1/s1. The van der Waals surface area contributed by atoms with E-state index in [0.717, 1.165) is 56.0 Å². The Morgan fingerprint density at radius 1 is 1.11 bits per heavy atom. The first-order chi connectivity index (χ1) is 17.2. The van der Waals surface area contributed by atoms with Gasteiger partial charge in [-0.15, -0.1) is 0 Å². The molecule has 1 atom stereocenters. The Labute approximate surface area is 218 Å². The molecule has 2 aliphatic rings. The van der Waals surface area contributed by atoms with Crippen molar-refractivity contribution in [3.8, 4) is 5.75 Å². The second-order valence-corrected chi connectivity index (χ2v) is 10.8. The fourth-order valence-corrected chi connectivity index (χ4v) is 5.44. The van der Waals surface area contributed by atoms with E-state index in [1.807, 2.05) is 35.8 Å². The largest absolute Gasteiger partial charge is 0.493 e. The Kier molecular flexibility index (Phi) is 8.57. The molecule has 2 aromatic rings. The lowest BCUT2D eigenvalue weighted by molar-refractivity contribution is -0.142. The number of rotatable bonds is 8. The van der Waals surface area contributed by atoms with Crippen LogP contribution in [0.15, 0.2) is 28.8 Å². The zero-order valence-corrected chi connectivity index (χ0v) is 22.4. The van der Waals surface area contributed by atoms with Crippen LogP contribution in [0.3, 0.4) is 0 Å². The van der Waals surface area contributed by atoms with Gasteiger partial charge in [-0.2, -0.15) is 0 Å². The number of hydrogen-bond acceptors (Lipinski definition) is 6. The molecule has 1 aromatic heterocycles. The van der Waals surface area contributed by atoms with Crippen LogP contribution in [0.1, 0.15) is 42.7 Å². The van der Waals surface area contributed by atoms with Crippen LogP contribution in [-0.4, -0.2) is 84.6 Å². The van der Waals surface area contributed by atoms with E-state index in [9.17, 15) is 9.59 Å². The zero-order chi connectivity index (χ0) is 25.7. The molecule has 196 valence electrons. The van der Waals surface area contributed by atoms with Crippen molar-refractivity contribution in [1.29, 1.82) is 0 Å². The molecule has 2 saturated heterocycles. The number of piperazine rings is 1. The van der Waals surface area contributed by atoms with Gasteiger partial charge in [-0.3, -0.25) is 9.59 Å². The summed E-state index contributed by atoms with van der Waals surface area (Å²) >= 11 is 6.15. The van der Waals surface area contributed by atoms with Gasteiger partial charge >= 0.3 is 0 Å². The molecule has 3 heterocycles. The van der Waals surface area contributed by atoms with Crippen molar-refractivity contribution < 1.29 is 18.8 Å². The zero-order valence-electron chi connectivity index (χ0n) is 21.6. The SMILES string of the molecule is Cc1noc(C)c1CCC(=O)N1CCC[C@@](COc2cccc(Cl)c2)(CC(=O)N2CCN(C)CC2)C1. The minimum atomic E-state index is -0.445. The molecule has 2 fully saturated rings. The number of amides is 2. The van der Waals surface area contributed by atoms with Crippen molar-refractivity contribution in [2.45, 2.75) is 46.0 Å². The van der Waals surface area contributed by atoms with Crippen LogP contribution < -0.4 is 4.74 Å². The number of likely N-dealkylation sites (tertiary alicyclic amines) is 1. The van der Waals surface area contributed by atoms with Gasteiger partial charge in [-0.1, -0.05) is 22.8 Å². The average Bonchev–Trinajstić information content (AvgIpc) is 3.18. The van der Waals surface area contributed by atoms with E-state index >= 15 is 0 Å². The molecule has 0 N–H and O–H groups in total. The minimum absolute atomic E-state index is 0.0916. The molecule has 0 saturated carbocycles. The topological polar surface area (TPSA) is 79.1 Å². The Balaban J connectivity index is 1.46. The van der Waals surface area contributed by atoms with Crippen LogP contribution in [0.5, 0.6) is 5.75 Å². The summed E-state index contributed by atoms with van der Waals surface area (Å²) in [6, 6.07) is 7.32. The average molecular weight is 517 g/mol. The maximum atomic E-state index is 13.4. The number of nitrogens with zero attached hydrogens (tertiary/aromatic N) is 4. The summed E-state index contributed by atoms with van der Waals surface area (Å²) in [5, 5.41) is 4.61. The van der Waals surface area contributed by atoms with Crippen LogP contribution in [-0.2, 0) is 16.0 Å². The molecule has 0 spiro atoms. The van der Waals surface area contributed by atoms with E-state index in [4.69, 9.17) is 20.9 Å². The lowest BCUT2D eigenvalue weighted by Gasteiger charge is -2.43. The fraction of sp³-hybridized carbons (Fsp3) is 0.593. The van der Waals surface area contributed by atoms with Gasteiger partial charge in [0.05, 0.1) is 12.3 Å². The van der Waals surface area contributed by atoms with E-state index in [1.165, 1.54) is 0 Å². The van der Waals surface area contributed by atoms with Crippen molar-refractivity contribution in [3.05, 3.63) is 46.3 Å². The third-order valence-corrected chi connectivity index (χ3v) is 7.74. The lowest BCUT2D eigenvalue weighted by atomic mass is 9.77. The van der Waals surface area contributed by atoms with Crippen LogP contribution in [0.2, 0.25) is 5.02 Å². The van der Waals surface area contributed by atoms with Gasteiger partial charge in [0.15, 0.2) is 0 Å². The van der Waals surface area contributed by atoms with Crippen molar-refractivity contribution in [1.82, 2.24) is 19.9 Å². The number of ether oxygens (including phenoxy) is 1. The first-order valence-electron chi connectivity index (χ1n) is 12.8. The molecule has 0 bridgehead atoms. The third-order valence-electron chi connectivity index (χ3n) is 7.51. The maximum Gasteiger partial charge on any atom is 0.223 e. The Morgan fingerprint density at radius 3 is 2.58 bits per heavy atom. The summed E-state index contributed by atoms with van der Waals surface area (Å²) in [7, 11) is 2.08. The number of carbonyl (C=O) groups excluding carboxylic acids is 2. The van der Waals surface area contributed by atoms with E-state index in [-0.39, 0.29) is 11.8 Å². The van der Waals surface area contributed by atoms with Gasteiger partial charge in [0, 0.05) is 68.1 Å². The van der Waals surface area contributed by atoms with Crippen molar-refractivity contribution in [2.24, 2.45) is 5.41 Å². The van der Waals surface area contributed by atoms with E-state index in [0.29, 0.717) is 49.7 Å². The highest BCUT2D eigenvalue weighted by Crippen LogP contribution is 2.36. The molecule has 0 radical (unpaired) electrons. The number of halogens is 1. The normalized spacial score (nSPS) is 21.0. The van der Waals surface area contributed by atoms with Gasteiger partial charge in [0.1, 0.15) is 11.5 Å². The van der Waals surface area contributed by atoms with E-state index < -0.39 is 5.41 Å². The maximum absolute atomic E-state index is 13.4. The van der Waals surface area contributed by atoms with E-state index in [1.54, 1.807) is 12.1 Å². The monoisotopic (exact) mass is 516 g/mol. The quantitative estimate of drug-likeness (QED) is 0.532. The summed E-state index contributed by atoms with van der Waals surface area (Å²) in [4.78, 5) is 32.8. The molecule has 0 unspecified atom stereocenters. The van der Waals surface area contributed by atoms with E-state index in [2.05, 4.69) is 17.1 Å². The predicted octanol–water partition coefficient (Wildman–Crippen LogP) is 3.73. The van der Waals surface area contributed by atoms with Gasteiger partial charge in [0.2, 0.25) is 11.8 Å². The van der Waals surface area contributed by atoms with Gasteiger partial charge in [-0.25, -0.2) is 0 Å². The van der Waals surface area contributed by atoms with Crippen LogP contribution in [0, 0.1) is 19.3 Å². The second-order valence-electron chi connectivity index (χ2n) is 10.3. The Bertz CT molecular complexity index is 1050. The highest BCUT2D eigenvalue weighted by molar-refractivity contribution is 6.30. The molecule has 8 nitrogen and oxygen atoms in total. The highest BCUT2D eigenvalue weighted by Gasteiger charge is 2.41.